The van der Waals surface area contributed by atoms with Crippen LogP contribution in [0.3, 0.4) is 0 Å². The topological polar surface area (TPSA) is 12.0 Å². The van der Waals surface area contributed by atoms with E-state index in [9.17, 15) is 0 Å². The Balaban J connectivity index is 2.28. The van der Waals surface area contributed by atoms with E-state index in [-0.39, 0.29) is 0 Å². The van der Waals surface area contributed by atoms with Gasteiger partial charge in [-0.05, 0) is 25.7 Å². The van der Waals surface area contributed by atoms with Crippen molar-refractivity contribution in [1.82, 2.24) is 5.32 Å². The maximum absolute atomic E-state index is 3.31. The second-order valence-electron chi connectivity index (χ2n) is 2.71. The number of hydrogen-bond donors (Lipinski definition) is 1. The lowest BCUT2D eigenvalue weighted by Gasteiger charge is -2.25. The molecule has 1 rings (SSSR count). The van der Waals surface area contributed by atoms with Gasteiger partial charge in [-0.3, -0.25) is 0 Å². The highest BCUT2D eigenvalue weighted by Crippen LogP contribution is 2.15. The Hall–Kier alpha value is -0.0400. The van der Waals surface area contributed by atoms with Gasteiger partial charge >= 0.3 is 0 Å². The molecule has 1 saturated heterocycles. The molecule has 0 bridgehead atoms. The molecule has 1 radical (unpaired) electrons. The minimum Gasteiger partial charge on any atom is -0.310 e. The molecular weight excluding hydrogens is 98.1 g/mol. The molecule has 1 heterocycles. The summed E-state index contributed by atoms with van der Waals surface area (Å²) in [6.45, 7) is 6.70. The second-order valence-corrected chi connectivity index (χ2v) is 2.71. The van der Waals surface area contributed by atoms with Gasteiger partial charge in [0.25, 0.3) is 0 Å². The fourth-order valence-electron chi connectivity index (χ4n) is 1.03. The Labute approximate surface area is 51.5 Å². The Morgan fingerprint density at radius 2 is 2.25 bits per heavy atom. The fourth-order valence-corrected chi connectivity index (χ4v) is 1.03. The van der Waals surface area contributed by atoms with Crippen LogP contribution in [0.5, 0.6) is 0 Å². The molecular formula is C7H14N. The summed E-state index contributed by atoms with van der Waals surface area (Å²) >= 11 is 0. The summed E-state index contributed by atoms with van der Waals surface area (Å²) in [6.07, 6.45) is 2.60. The van der Waals surface area contributed by atoms with Gasteiger partial charge in [-0.25, -0.2) is 0 Å². The molecule has 2 atom stereocenters. The van der Waals surface area contributed by atoms with E-state index in [4.69, 9.17) is 0 Å². The van der Waals surface area contributed by atoms with E-state index in [1.165, 1.54) is 12.8 Å². The molecule has 0 spiro atoms. The summed E-state index contributed by atoms with van der Waals surface area (Å²) in [5.41, 5.74) is 0. The van der Waals surface area contributed by atoms with Gasteiger partial charge in [-0.2, -0.15) is 0 Å². The average molecular weight is 112 g/mol. The number of hydrogen-bond acceptors (Lipinski definition) is 1. The van der Waals surface area contributed by atoms with Crippen molar-refractivity contribution in [1.29, 1.82) is 0 Å². The van der Waals surface area contributed by atoms with Crippen molar-refractivity contribution in [3.05, 3.63) is 6.54 Å². The molecule has 0 aromatic carbocycles. The molecule has 0 aromatic heterocycles. The van der Waals surface area contributed by atoms with Crippen molar-refractivity contribution in [2.45, 2.75) is 32.7 Å². The van der Waals surface area contributed by atoms with Crippen LogP contribution in [0, 0.1) is 12.5 Å². The Morgan fingerprint density at radius 1 is 1.50 bits per heavy atom. The van der Waals surface area contributed by atoms with Crippen LogP contribution in [0.2, 0.25) is 0 Å². The first-order valence-electron chi connectivity index (χ1n) is 3.38. The lowest BCUT2D eigenvalue weighted by atomic mass is 9.94. The highest BCUT2D eigenvalue weighted by atomic mass is 14.9. The van der Waals surface area contributed by atoms with Crippen molar-refractivity contribution in [2.75, 3.05) is 0 Å². The van der Waals surface area contributed by atoms with Gasteiger partial charge in [0, 0.05) is 12.6 Å². The van der Waals surface area contributed by atoms with Crippen LogP contribution >= 0.6 is 0 Å². The first-order chi connectivity index (χ1) is 3.80. The molecule has 1 N–H and O–H groups in total. The number of nitrogens with one attached hydrogen (secondary N) is 1. The molecule has 1 heteroatoms. The van der Waals surface area contributed by atoms with Crippen LogP contribution in [0.15, 0.2) is 0 Å². The highest BCUT2D eigenvalue weighted by molar-refractivity contribution is 4.80. The van der Waals surface area contributed by atoms with Crippen LogP contribution in [-0.4, -0.2) is 6.04 Å². The van der Waals surface area contributed by atoms with Gasteiger partial charge < -0.3 is 5.32 Å². The lowest BCUT2D eigenvalue weighted by molar-refractivity contribution is 0.350. The third-order valence-electron chi connectivity index (χ3n) is 2.00. The van der Waals surface area contributed by atoms with E-state index in [0.717, 1.165) is 5.92 Å². The molecule has 2 unspecified atom stereocenters. The van der Waals surface area contributed by atoms with Crippen molar-refractivity contribution in [2.24, 2.45) is 5.92 Å². The average Bonchev–Trinajstić information content (AvgIpc) is 1.77. The molecule has 0 aromatic rings. The Morgan fingerprint density at radius 3 is 2.62 bits per heavy atom. The van der Waals surface area contributed by atoms with Crippen molar-refractivity contribution >= 4 is 0 Å². The SMILES string of the molecule is CC1CC[CH]NC1C. The summed E-state index contributed by atoms with van der Waals surface area (Å²) < 4.78 is 0. The van der Waals surface area contributed by atoms with Crippen molar-refractivity contribution in [3.63, 3.8) is 0 Å². The second kappa shape index (κ2) is 2.49. The standard InChI is InChI=1S/C7H14N/c1-6-4-3-5-8-7(6)2/h5-8H,3-4H2,1-2H3. The van der Waals surface area contributed by atoms with Crippen LogP contribution in [0.25, 0.3) is 0 Å². The van der Waals surface area contributed by atoms with E-state index in [1.54, 1.807) is 0 Å². The molecule has 47 valence electrons. The minimum atomic E-state index is 0.698. The molecule has 1 nitrogen and oxygen atoms in total. The van der Waals surface area contributed by atoms with Crippen LogP contribution in [-0.2, 0) is 0 Å². The maximum atomic E-state index is 3.31. The van der Waals surface area contributed by atoms with Gasteiger partial charge in [0.2, 0.25) is 0 Å². The number of piperidine rings is 1. The van der Waals surface area contributed by atoms with E-state index in [2.05, 4.69) is 25.7 Å². The van der Waals surface area contributed by atoms with E-state index in [0.29, 0.717) is 6.04 Å². The summed E-state index contributed by atoms with van der Waals surface area (Å²) in [5, 5.41) is 3.31. The maximum Gasteiger partial charge on any atom is 0.0223 e. The van der Waals surface area contributed by atoms with Gasteiger partial charge in [-0.1, -0.05) is 6.92 Å². The zero-order chi connectivity index (χ0) is 5.98. The molecule has 0 amide bonds. The molecule has 1 fully saturated rings. The highest BCUT2D eigenvalue weighted by Gasteiger charge is 2.14. The Bertz CT molecular complexity index is 60.8. The normalized spacial score (nSPS) is 39.8. The molecule has 1 aliphatic heterocycles. The summed E-state index contributed by atoms with van der Waals surface area (Å²) in [5.74, 6) is 0.861. The Kier molecular flexibility index (Phi) is 1.90. The molecule has 8 heavy (non-hydrogen) atoms. The third kappa shape index (κ3) is 1.22. The molecule has 0 saturated carbocycles. The van der Waals surface area contributed by atoms with Gasteiger partial charge in [-0.15, -0.1) is 0 Å². The van der Waals surface area contributed by atoms with E-state index in [1.807, 2.05) is 0 Å². The summed E-state index contributed by atoms with van der Waals surface area (Å²) in [7, 11) is 0. The van der Waals surface area contributed by atoms with Crippen LogP contribution in [0.4, 0.5) is 0 Å². The minimum absolute atomic E-state index is 0.698. The predicted molar refractivity (Wildman–Crippen MR) is 35.3 cm³/mol. The van der Waals surface area contributed by atoms with Crippen LogP contribution < -0.4 is 5.32 Å². The molecule has 1 aliphatic rings. The van der Waals surface area contributed by atoms with Gasteiger partial charge in [0.1, 0.15) is 0 Å². The first-order valence-corrected chi connectivity index (χ1v) is 3.38. The smallest absolute Gasteiger partial charge is 0.0223 e. The lowest BCUT2D eigenvalue weighted by Crippen LogP contribution is -2.34. The van der Waals surface area contributed by atoms with Crippen LogP contribution in [0.1, 0.15) is 26.7 Å². The third-order valence-corrected chi connectivity index (χ3v) is 2.00. The first kappa shape index (κ1) is 6.09. The van der Waals surface area contributed by atoms with E-state index >= 15 is 0 Å². The summed E-state index contributed by atoms with van der Waals surface area (Å²) in [4.78, 5) is 0. The molecule has 0 aliphatic carbocycles. The monoisotopic (exact) mass is 112 g/mol. The van der Waals surface area contributed by atoms with Crippen molar-refractivity contribution < 1.29 is 0 Å². The van der Waals surface area contributed by atoms with E-state index < -0.39 is 0 Å². The van der Waals surface area contributed by atoms with Gasteiger partial charge in [0.05, 0.1) is 0 Å². The van der Waals surface area contributed by atoms with Crippen molar-refractivity contribution in [3.8, 4) is 0 Å². The quantitative estimate of drug-likeness (QED) is 0.501. The fraction of sp³-hybridized carbons (Fsp3) is 0.857. The van der Waals surface area contributed by atoms with Gasteiger partial charge in [0.15, 0.2) is 0 Å². The zero-order valence-electron chi connectivity index (χ0n) is 5.65. The number of rotatable bonds is 0. The summed E-state index contributed by atoms with van der Waals surface area (Å²) in [6, 6.07) is 0.698. The zero-order valence-corrected chi connectivity index (χ0v) is 5.65. The largest absolute Gasteiger partial charge is 0.310 e. The predicted octanol–water partition coefficient (Wildman–Crippen LogP) is 1.56.